The van der Waals surface area contributed by atoms with E-state index in [1.807, 2.05) is 0 Å². The number of para-hydroxylation sites is 1. The van der Waals surface area contributed by atoms with Gasteiger partial charge in [-0.25, -0.2) is 4.39 Å². The van der Waals surface area contributed by atoms with Crippen molar-refractivity contribution in [3.8, 4) is 5.75 Å². The van der Waals surface area contributed by atoms with E-state index in [0.29, 0.717) is 24.3 Å². The molecule has 25 heavy (non-hydrogen) atoms. The highest BCUT2D eigenvalue weighted by molar-refractivity contribution is 5.97. The van der Waals surface area contributed by atoms with Crippen LogP contribution in [0.3, 0.4) is 0 Å². The zero-order valence-corrected chi connectivity index (χ0v) is 14.3. The first-order chi connectivity index (χ1) is 12.0. The van der Waals surface area contributed by atoms with Gasteiger partial charge in [-0.3, -0.25) is 9.59 Å². The fraction of sp³-hybridized carbons (Fsp3) is 0.263. The number of amides is 2. The van der Waals surface area contributed by atoms with Crippen LogP contribution in [0.15, 0.2) is 48.5 Å². The third-order valence-corrected chi connectivity index (χ3v) is 3.57. The van der Waals surface area contributed by atoms with Crippen LogP contribution in [0.5, 0.6) is 5.75 Å². The number of hydrogen-bond donors (Lipinski definition) is 1. The Morgan fingerprint density at radius 3 is 2.60 bits per heavy atom. The highest BCUT2D eigenvalue weighted by Crippen LogP contribution is 2.18. The van der Waals surface area contributed by atoms with Crippen LogP contribution in [0.2, 0.25) is 0 Å². The maximum Gasteiger partial charge on any atom is 0.259 e. The number of benzene rings is 2. The molecule has 0 atom stereocenters. The lowest BCUT2D eigenvalue weighted by Crippen LogP contribution is -2.29. The SMILES string of the molecule is CN(C)C(=O)COc1ccccc1C(=O)NCCc1cccc(F)c1. The quantitative estimate of drug-likeness (QED) is 0.838. The van der Waals surface area contributed by atoms with Crippen molar-refractivity contribution in [2.24, 2.45) is 0 Å². The molecule has 2 amide bonds. The molecule has 0 aromatic heterocycles. The molecule has 0 aliphatic rings. The Balaban J connectivity index is 1.93. The van der Waals surface area contributed by atoms with Crippen molar-refractivity contribution in [3.63, 3.8) is 0 Å². The first-order valence-corrected chi connectivity index (χ1v) is 7.92. The Bertz CT molecular complexity index is 747. The number of rotatable bonds is 7. The number of ether oxygens (including phenoxy) is 1. The van der Waals surface area contributed by atoms with Crippen molar-refractivity contribution in [2.75, 3.05) is 27.2 Å². The lowest BCUT2D eigenvalue weighted by molar-refractivity contribution is -0.130. The van der Waals surface area contributed by atoms with Crippen LogP contribution in [0.1, 0.15) is 15.9 Å². The molecule has 2 aromatic carbocycles. The zero-order valence-electron chi connectivity index (χ0n) is 14.3. The molecule has 1 N–H and O–H groups in total. The molecule has 0 bridgehead atoms. The first kappa shape index (κ1) is 18.4. The lowest BCUT2D eigenvalue weighted by Gasteiger charge is -2.14. The van der Waals surface area contributed by atoms with Crippen LogP contribution in [0.25, 0.3) is 0 Å². The molecule has 0 aliphatic heterocycles. The van der Waals surface area contributed by atoms with E-state index in [-0.39, 0.29) is 24.2 Å². The van der Waals surface area contributed by atoms with Gasteiger partial charge in [0.2, 0.25) is 0 Å². The standard InChI is InChI=1S/C19H21FN2O3/c1-22(2)18(23)13-25-17-9-4-3-8-16(17)19(24)21-11-10-14-6-5-7-15(20)12-14/h3-9,12H,10-11,13H2,1-2H3,(H,21,24). The Hall–Kier alpha value is -2.89. The molecule has 2 aromatic rings. The van der Waals surface area contributed by atoms with Gasteiger partial charge in [-0.05, 0) is 36.2 Å². The van der Waals surface area contributed by atoms with Gasteiger partial charge >= 0.3 is 0 Å². The Morgan fingerprint density at radius 2 is 1.88 bits per heavy atom. The average molecular weight is 344 g/mol. The van der Waals surface area contributed by atoms with Crippen LogP contribution < -0.4 is 10.1 Å². The maximum absolute atomic E-state index is 13.1. The predicted molar refractivity (Wildman–Crippen MR) is 93.1 cm³/mol. The smallest absolute Gasteiger partial charge is 0.259 e. The van der Waals surface area contributed by atoms with Gasteiger partial charge in [-0.1, -0.05) is 24.3 Å². The molecule has 0 saturated carbocycles. The van der Waals surface area contributed by atoms with E-state index in [4.69, 9.17) is 4.74 Å². The summed E-state index contributed by atoms with van der Waals surface area (Å²) in [5.74, 6) is -0.445. The van der Waals surface area contributed by atoms with Crippen molar-refractivity contribution >= 4 is 11.8 Å². The van der Waals surface area contributed by atoms with E-state index in [2.05, 4.69) is 5.32 Å². The number of likely N-dealkylation sites (N-methyl/N-ethyl adjacent to an activating group) is 1. The van der Waals surface area contributed by atoms with Crippen molar-refractivity contribution in [2.45, 2.75) is 6.42 Å². The van der Waals surface area contributed by atoms with Gasteiger partial charge in [0.05, 0.1) is 5.56 Å². The minimum Gasteiger partial charge on any atom is -0.483 e. The number of nitrogens with zero attached hydrogens (tertiary/aromatic N) is 1. The van der Waals surface area contributed by atoms with E-state index in [0.717, 1.165) is 5.56 Å². The monoisotopic (exact) mass is 344 g/mol. The summed E-state index contributed by atoms with van der Waals surface area (Å²) >= 11 is 0. The summed E-state index contributed by atoms with van der Waals surface area (Å²) in [6, 6.07) is 13.0. The lowest BCUT2D eigenvalue weighted by atomic mass is 10.1. The molecular weight excluding hydrogens is 323 g/mol. The number of nitrogens with one attached hydrogen (secondary N) is 1. The molecule has 0 radical (unpaired) electrons. The van der Waals surface area contributed by atoms with Crippen molar-refractivity contribution in [3.05, 3.63) is 65.5 Å². The highest BCUT2D eigenvalue weighted by Gasteiger charge is 2.13. The first-order valence-electron chi connectivity index (χ1n) is 7.92. The van der Waals surface area contributed by atoms with E-state index >= 15 is 0 Å². The van der Waals surface area contributed by atoms with Gasteiger partial charge in [0.15, 0.2) is 6.61 Å². The average Bonchev–Trinajstić information content (AvgIpc) is 2.59. The van der Waals surface area contributed by atoms with E-state index in [1.165, 1.54) is 17.0 Å². The molecule has 0 fully saturated rings. The highest BCUT2D eigenvalue weighted by atomic mass is 19.1. The van der Waals surface area contributed by atoms with E-state index < -0.39 is 0 Å². The maximum atomic E-state index is 13.1. The second-order valence-corrected chi connectivity index (χ2v) is 5.71. The fourth-order valence-electron chi connectivity index (χ4n) is 2.16. The van der Waals surface area contributed by atoms with Gasteiger partial charge in [-0.2, -0.15) is 0 Å². The molecule has 0 spiro atoms. The van der Waals surface area contributed by atoms with Crippen LogP contribution in [-0.4, -0.2) is 44.0 Å². The topological polar surface area (TPSA) is 58.6 Å². The molecule has 0 unspecified atom stereocenters. The Labute approximate surface area is 146 Å². The zero-order chi connectivity index (χ0) is 18.2. The molecule has 0 aliphatic carbocycles. The Morgan fingerprint density at radius 1 is 1.12 bits per heavy atom. The van der Waals surface area contributed by atoms with Gasteiger partial charge in [0.1, 0.15) is 11.6 Å². The minimum atomic E-state index is -0.302. The minimum absolute atomic E-state index is 0.138. The summed E-state index contributed by atoms with van der Waals surface area (Å²) in [6.45, 7) is 0.230. The largest absolute Gasteiger partial charge is 0.483 e. The van der Waals surface area contributed by atoms with E-state index in [9.17, 15) is 14.0 Å². The summed E-state index contributed by atoms with van der Waals surface area (Å²) in [5.41, 5.74) is 1.16. The normalized spacial score (nSPS) is 10.2. The van der Waals surface area contributed by atoms with Gasteiger partial charge in [-0.15, -0.1) is 0 Å². The van der Waals surface area contributed by atoms with Crippen LogP contribution in [-0.2, 0) is 11.2 Å². The number of carbonyl (C=O) groups is 2. The van der Waals surface area contributed by atoms with Gasteiger partial charge in [0, 0.05) is 20.6 Å². The predicted octanol–water partition coefficient (Wildman–Crippen LogP) is 2.27. The van der Waals surface area contributed by atoms with Crippen molar-refractivity contribution in [1.82, 2.24) is 10.2 Å². The summed E-state index contributed by atoms with van der Waals surface area (Å²) < 4.78 is 18.6. The van der Waals surface area contributed by atoms with Crippen LogP contribution >= 0.6 is 0 Å². The van der Waals surface area contributed by atoms with E-state index in [1.54, 1.807) is 50.5 Å². The molecule has 5 nitrogen and oxygen atoms in total. The fourth-order valence-corrected chi connectivity index (χ4v) is 2.16. The number of carbonyl (C=O) groups excluding carboxylic acids is 2. The summed E-state index contributed by atoms with van der Waals surface area (Å²) in [7, 11) is 3.27. The summed E-state index contributed by atoms with van der Waals surface area (Å²) in [6.07, 6.45) is 0.519. The number of hydrogen-bond acceptors (Lipinski definition) is 3. The molecule has 0 heterocycles. The van der Waals surface area contributed by atoms with Crippen LogP contribution in [0.4, 0.5) is 4.39 Å². The second kappa shape index (κ2) is 8.82. The third kappa shape index (κ3) is 5.60. The van der Waals surface area contributed by atoms with Crippen molar-refractivity contribution in [1.29, 1.82) is 0 Å². The number of halogens is 1. The molecule has 2 rings (SSSR count). The summed E-state index contributed by atoms with van der Waals surface area (Å²) in [5, 5.41) is 2.78. The van der Waals surface area contributed by atoms with Gasteiger partial charge in [0.25, 0.3) is 11.8 Å². The second-order valence-electron chi connectivity index (χ2n) is 5.71. The molecular formula is C19H21FN2O3. The van der Waals surface area contributed by atoms with Crippen LogP contribution in [0, 0.1) is 5.82 Å². The summed E-state index contributed by atoms with van der Waals surface area (Å²) in [4.78, 5) is 25.4. The van der Waals surface area contributed by atoms with Crippen molar-refractivity contribution < 1.29 is 18.7 Å². The van der Waals surface area contributed by atoms with Gasteiger partial charge < -0.3 is 15.0 Å². The molecule has 0 saturated heterocycles. The molecule has 6 heteroatoms. The Kier molecular flexibility index (Phi) is 6.51. The third-order valence-electron chi connectivity index (χ3n) is 3.57. The molecule has 132 valence electrons.